The first-order valence-electron chi connectivity index (χ1n) is 8.24. The van der Waals surface area contributed by atoms with Crippen molar-refractivity contribution in [1.82, 2.24) is 19.5 Å². The number of ether oxygens (including phenoxy) is 2. The van der Waals surface area contributed by atoms with E-state index < -0.39 is 54.6 Å². The summed E-state index contributed by atoms with van der Waals surface area (Å²) in [5, 5.41) is 10.5. The molecule has 6 atom stereocenters. The Morgan fingerprint density at radius 3 is 2.22 bits per heavy atom. The van der Waals surface area contributed by atoms with Crippen LogP contribution in [0, 0.1) is 0 Å². The molecule has 18 nitrogen and oxygen atoms in total. The fraction of sp³-hybridized carbons (Fsp3) is 0.545. The zero-order chi connectivity index (χ0) is 23.9. The number of methoxy groups -OCH3 is 1. The van der Waals surface area contributed by atoms with E-state index in [1.165, 1.54) is 18.0 Å². The summed E-state index contributed by atoms with van der Waals surface area (Å²) in [6.45, 7) is -0.941. The number of nitrogens with two attached hydrogens (primary N) is 1. The van der Waals surface area contributed by atoms with E-state index in [0.717, 1.165) is 6.33 Å². The smallest absolute Gasteiger partial charge is 0.790 e. The minimum Gasteiger partial charge on any atom is -0.790 e. The molecule has 3 heterocycles. The number of phosphoric acid groups is 3. The molecule has 2 aromatic heterocycles. The zero-order valence-corrected chi connectivity index (χ0v) is 22.4. The molecule has 3 N–H and O–H groups in total. The van der Waals surface area contributed by atoms with E-state index in [1.54, 1.807) is 0 Å². The van der Waals surface area contributed by atoms with Gasteiger partial charge in [0.15, 0.2) is 17.7 Å². The quantitative estimate of drug-likeness (QED) is 0.218. The predicted octanol–water partition coefficient (Wildman–Crippen LogP) is -15.5. The van der Waals surface area contributed by atoms with Crippen molar-refractivity contribution in [2.24, 2.45) is 0 Å². The largest absolute Gasteiger partial charge is 1.00 e. The van der Waals surface area contributed by atoms with Gasteiger partial charge in [-0.05, 0) is 0 Å². The van der Waals surface area contributed by atoms with Crippen LogP contribution in [0.4, 0.5) is 5.82 Å². The predicted molar refractivity (Wildman–Crippen MR) is 91.4 cm³/mol. The Morgan fingerprint density at radius 2 is 1.67 bits per heavy atom. The summed E-state index contributed by atoms with van der Waals surface area (Å²) in [4.78, 5) is 55.4. The van der Waals surface area contributed by atoms with Gasteiger partial charge in [0.25, 0.3) is 15.6 Å². The molecule has 25 heteroatoms. The van der Waals surface area contributed by atoms with Crippen molar-refractivity contribution in [2.45, 2.75) is 24.5 Å². The molecule has 0 radical (unpaired) electrons. The van der Waals surface area contributed by atoms with Crippen molar-refractivity contribution in [3.63, 3.8) is 0 Å². The van der Waals surface area contributed by atoms with Gasteiger partial charge in [0, 0.05) is 7.11 Å². The molecule has 3 unspecified atom stereocenters. The summed E-state index contributed by atoms with van der Waals surface area (Å²) in [5.74, 6) is 0.0545. The Bertz CT molecular complexity index is 1140. The third-order valence-corrected chi connectivity index (χ3v) is 7.71. The van der Waals surface area contributed by atoms with Crippen LogP contribution < -0.4 is 101 Å². The van der Waals surface area contributed by atoms with E-state index in [2.05, 4.69) is 28.1 Å². The monoisotopic (exact) mass is 545 g/mol. The van der Waals surface area contributed by atoms with Crippen LogP contribution in [0.3, 0.4) is 0 Å². The Morgan fingerprint density at radius 1 is 1.06 bits per heavy atom. The summed E-state index contributed by atoms with van der Waals surface area (Å²) in [5.41, 5.74) is 6.08. The summed E-state index contributed by atoms with van der Waals surface area (Å²) in [6.07, 6.45) is -2.73. The molecule has 36 heavy (non-hydrogen) atoms. The number of nitrogen functional groups attached to an aromatic ring is 1. The normalized spacial score (nSPS) is 24.8. The second kappa shape index (κ2) is 15.1. The average molecular weight is 545 g/mol. The molecule has 0 spiro atoms. The second-order valence-electron chi connectivity index (χ2n) is 6.14. The van der Waals surface area contributed by atoms with Crippen LogP contribution in [-0.4, -0.2) is 56.7 Å². The van der Waals surface area contributed by atoms with Gasteiger partial charge in [0.2, 0.25) is 0 Å². The number of imidazole rings is 1. The van der Waals surface area contributed by atoms with Crippen molar-refractivity contribution in [3.05, 3.63) is 12.7 Å². The maximum atomic E-state index is 11.7. The minimum absolute atomic E-state index is 0. The molecule has 0 bridgehead atoms. The van der Waals surface area contributed by atoms with E-state index in [1.807, 2.05) is 0 Å². The number of hydrogen-bond donors (Lipinski definition) is 2. The molecule has 1 aliphatic heterocycles. The van der Waals surface area contributed by atoms with Gasteiger partial charge in [-0.3, -0.25) is 18.0 Å². The number of aromatic nitrogens is 4. The number of anilines is 1. The van der Waals surface area contributed by atoms with Crippen LogP contribution >= 0.6 is 23.5 Å². The van der Waals surface area contributed by atoms with Gasteiger partial charge in [-0.15, -0.1) is 0 Å². The van der Waals surface area contributed by atoms with Crippen molar-refractivity contribution < 1.29 is 136 Å². The number of rotatable bonds is 9. The first-order valence-corrected chi connectivity index (χ1v) is 12.6. The summed E-state index contributed by atoms with van der Waals surface area (Å²) >= 11 is 0. The number of aliphatic hydroxyl groups excluding tert-OH is 1. The van der Waals surface area contributed by atoms with Crippen LogP contribution in [0.5, 0.6) is 0 Å². The third-order valence-electron chi connectivity index (χ3n) is 4.04. The first-order chi connectivity index (χ1) is 14.7. The Hall–Kier alpha value is 1.03. The summed E-state index contributed by atoms with van der Waals surface area (Å²) in [6, 6.07) is 0. The van der Waals surface area contributed by atoms with Gasteiger partial charge in [-0.2, -0.15) is 0 Å². The van der Waals surface area contributed by atoms with Crippen molar-refractivity contribution >= 4 is 40.4 Å². The maximum Gasteiger partial charge on any atom is 1.00 e. The minimum atomic E-state index is -6.12. The average Bonchev–Trinajstić information content (AvgIpc) is 3.18. The fourth-order valence-corrected chi connectivity index (χ4v) is 5.74. The molecule has 3 rings (SSSR count). The van der Waals surface area contributed by atoms with Crippen molar-refractivity contribution in [3.8, 4) is 0 Å². The first kappa shape index (κ1) is 39.2. The fourth-order valence-electron chi connectivity index (χ4n) is 2.88. The molecule has 2 aromatic rings. The molecular weight excluding hydrogens is 531 g/mol. The Kier molecular flexibility index (Phi) is 16.5. The number of fused-ring (bicyclic) bond motifs is 1. The summed E-state index contributed by atoms with van der Waals surface area (Å²) < 4.78 is 56.1. The number of nitrogens with zero attached hydrogens (tertiary/aromatic N) is 4. The zero-order valence-electron chi connectivity index (χ0n) is 19.7. The standard InChI is InChI=1S/C11H18N5O13P3.4Li/c1-25-8-5(2-26-31(21,22)29-32(23,24)28-30(18,19)20)27-11(7(8)17)16-4-15-6-9(12)13-3-14-10(6)16;;;;/h3-5,7-8,11,17H,2H2,1H3,(H,21,22)(H,23,24)(H2,12,13,14)(H2,18,19,20);;;;/q;4*+1/p-4/t5-,7+,8?,11-;;;;/m1..../s1. The third kappa shape index (κ3) is 9.89. The van der Waals surface area contributed by atoms with Crippen LogP contribution in [-0.2, 0) is 36.3 Å². The molecular formula is C11H14Li4N5O13P3. The Labute approximate surface area is 251 Å². The van der Waals surface area contributed by atoms with Crippen LogP contribution in [0.2, 0.25) is 0 Å². The number of phosphoric ester groups is 1. The van der Waals surface area contributed by atoms with E-state index in [9.17, 15) is 38.4 Å². The van der Waals surface area contributed by atoms with Gasteiger partial charge < -0.3 is 49.0 Å². The molecule has 0 aliphatic carbocycles. The molecule has 0 aromatic carbocycles. The van der Waals surface area contributed by atoms with Gasteiger partial charge in [0.1, 0.15) is 30.2 Å². The molecule has 0 amide bonds. The maximum absolute atomic E-state index is 11.7. The van der Waals surface area contributed by atoms with Crippen molar-refractivity contribution in [1.29, 1.82) is 0 Å². The number of aliphatic hydroxyl groups is 1. The topological polar surface area (TPSA) is 279 Å². The number of hydrogen-bond acceptors (Lipinski definition) is 17. The molecule has 1 fully saturated rings. The van der Waals surface area contributed by atoms with E-state index >= 15 is 0 Å². The van der Waals surface area contributed by atoms with Gasteiger partial charge in [-0.25, -0.2) is 19.3 Å². The molecule has 0 saturated carbocycles. The van der Waals surface area contributed by atoms with E-state index in [0.29, 0.717) is 0 Å². The van der Waals surface area contributed by atoms with Gasteiger partial charge in [0.05, 0.1) is 20.8 Å². The Balaban J connectivity index is 0. The van der Waals surface area contributed by atoms with Gasteiger partial charge in [-0.1, -0.05) is 0 Å². The van der Waals surface area contributed by atoms with E-state index in [4.69, 9.17) is 15.2 Å². The van der Waals surface area contributed by atoms with E-state index in [-0.39, 0.29) is 92.4 Å². The SMILES string of the molecule is COC1[C@@H](COP(=O)([O-])OP(=O)([O-])OP(=O)([O-])[O-])O[C@@H](n2cnc3c(N)ncnc32)[C@H]1O.[Li+].[Li+].[Li+].[Li+]. The van der Waals surface area contributed by atoms with Crippen LogP contribution in [0.25, 0.3) is 11.2 Å². The molecule has 1 aliphatic rings. The molecule has 1 saturated heterocycles. The van der Waals surface area contributed by atoms with Crippen LogP contribution in [0.1, 0.15) is 6.23 Å². The van der Waals surface area contributed by atoms with Crippen molar-refractivity contribution in [2.75, 3.05) is 19.5 Å². The molecule has 180 valence electrons. The van der Waals surface area contributed by atoms with Gasteiger partial charge >= 0.3 is 75.4 Å². The second-order valence-corrected chi connectivity index (χ2v) is 10.4. The summed E-state index contributed by atoms with van der Waals surface area (Å²) in [7, 11) is -16.8. The van der Waals surface area contributed by atoms with Crippen LogP contribution in [0.15, 0.2) is 12.7 Å².